The van der Waals surface area contributed by atoms with Gasteiger partial charge in [-0.15, -0.1) is 0 Å². The monoisotopic (exact) mass is 187 g/mol. The molecule has 1 atom stereocenters. The van der Waals surface area contributed by atoms with Gasteiger partial charge in [-0.2, -0.15) is 0 Å². The van der Waals surface area contributed by atoms with Crippen molar-refractivity contribution in [2.45, 2.75) is 38.5 Å². The summed E-state index contributed by atoms with van der Waals surface area (Å²) in [4.78, 5) is 10.8. The number of aliphatic carboxylic acids is 1. The number of nitrogens with zero attached hydrogens (tertiary/aromatic N) is 1. The van der Waals surface area contributed by atoms with E-state index < -0.39 is 14.2 Å². The van der Waals surface area contributed by atoms with Gasteiger partial charge in [0.25, 0.3) is 0 Å². The zero-order valence-electron chi connectivity index (χ0n) is 8.00. The van der Waals surface area contributed by atoms with Crippen molar-refractivity contribution in [3.05, 3.63) is 0 Å². The summed E-state index contributed by atoms with van der Waals surface area (Å²) in [5, 5.41) is 8.93. The SMILES string of the molecule is C[Si](C)(C)N1CCCC1C(=O)O. The van der Waals surface area contributed by atoms with E-state index in [1.54, 1.807) is 0 Å². The van der Waals surface area contributed by atoms with Crippen LogP contribution in [-0.2, 0) is 4.79 Å². The predicted molar refractivity (Wildman–Crippen MR) is 50.7 cm³/mol. The molecule has 1 fully saturated rings. The Bertz CT molecular complexity index is 188. The molecule has 0 aliphatic carbocycles. The molecule has 1 heterocycles. The molecule has 0 radical (unpaired) electrons. The molecular formula is C8H17NO2Si. The summed E-state index contributed by atoms with van der Waals surface area (Å²) in [5.41, 5.74) is 0. The fraction of sp³-hybridized carbons (Fsp3) is 0.875. The molecule has 1 unspecified atom stereocenters. The number of rotatable bonds is 2. The minimum absolute atomic E-state index is 0.198. The third-order valence-corrected chi connectivity index (χ3v) is 4.66. The number of carboxylic acid groups (broad SMARTS) is 1. The number of carboxylic acids is 1. The second-order valence-corrected chi connectivity index (χ2v) is 9.28. The van der Waals surface area contributed by atoms with Gasteiger partial charge in [-0.25, -0.2) is 0 Å². The first-order valence-electron chi connectivity index (χ1n) is 4.42. The van der Waals surface area contributed by atoms with Gasteiger partial charge >= 0.3 is 5.97 Å². The highest BCUT2D eigenvalue weighted by molar-refractivity contribution is 6.73. The van der Waals surface area contributed by atoms with E-state index in [2.05, 4.69) is 24.2 Å². The fourth-order valence-electron chi connectivity index (χ4n) is 1.83. The molecule has 0 amide bonds. The highest BCUT2D eigenvalue weighted by Gasteiger charge is 2.37. The van der Waals surface area contributed by atoms with Crippen LogP contribution in [0.5, 0.6) is 0 Å². The molecule has 0 saturated carbocycles. The molecule has 0 spiro atoms. The fourth-order valence-corrected chi connectivity index (χ4v) is 3.83. The third kappa shape index (κ3) is 1.87. The summed E-state index contributed by atoms with van der Waals surface area (Å²) in [7, 11) is -1.40. The Hall–Kier alpha value is -0.353. The van der Waals surface area contributed by atoms with Gasteiger partial charge in [-0.05, 0) is 19.4 Å². The van der Waals surface area contributed by atoms with Gasteiger partial charge in [0.2, 0.25) is 0 Å². The molecule has 1 saturated heterocycles. The molecule has 1 aliphatic rings. The maximum Gasteiger partial charge on any atom is 0.320 e. The van der Waals surface area contributed by atoms with Crippen LogP contribution in [0.2, 0.25) is 19.6 Å². The predicted octanol–water partition coefficient (Wildman–Crippen LogP) is 1.37. The van der Waals surface area contributed by atoms with Crippen LogP contribution < -0.4 is 0 Å². The molecule has 0 aromatic heterocycles. The van der Waals surface area contributed by atoms with Crippen molar-refractivity contribution < 1.29 is 9.90 Å². The van der Waals surface area contributed by atoms with Gasteiger partial charge < -0.3 is 9.67 Å². The van der Waals surface area contributed by atoms with Crippen molar-refractivity contribution in [3.8, 4) is 0 Å². The normalized spacial score (nSPS) is 26.1. The molecular weight excluding hydrogens is 170 g/mol. The zero-order valence-corrected chi connectivity index (χ0v) is 9.00. The Morgan fingerprint density at radius 3 is 2.42 bits per heavy atom. The molecule has 1 rings (SSSR count). The molecule has 1 aliphatic heterocycles. The average molecular weight is 187 g/mol. The first-order chi connectivity index (χ1) is 5.43. The van der Waals surface area contributed by atoms with E-state index in [0.717, 1.165) is 19.4 Å². The van der Waals surface area contributed by atoms with Crippen LogP contribution in [0.1, 0.15) is 12.8 Å². The first-order valence-corrected chi connectivity index (χ1v) is 7.87. The van der Waals surface area contributed by atoms with E-state index in [0.29, 0.717) is 0 Å². The van der Waals surface area contributed by atoms with E-state index in [1.165, 1.54) is 0 Å². The topological polar surface area (TPSA) is 40.5 Å². The summed E-state index contributed by atoms with van der Waals surface area (Å²) in [6.45, 7) is 7.59. The molecule has 0 aromatic rings. The molecule has 0 aromatic carbocycles. The van der Waals surface area contributed by atoms with E-state index >= 15 is 0 Å². The summed E-state index contributed by atoms with van der Waals surface area (Å²) in [6, 6.07) is -0.198. The highest BCUT2D eigenvalue weighted by atomic mass is 28.3. The van der Waals surface area contributed by atoms with Gasteiger partial charge in [-0.1, -0.05) is 19.6 Å². The van der Waals surface area contributed by atoms with E-state index in [4.69, 9.17) is 5.11 Å². The summed E-state index contributed by atoms with van der Waals surface area (Å²) < 4.78 is 2.20. The molecule has 1 N–H and O–H groups in total. The van der Waals surface area contributed by atoms with Gasteiger partial charge in [0, 0.05) is 0 Å². The lowest BCUT2D eigenvalue weighted by Gasteiger charge is -2.33. The second-order valence-electron chi connectivity index (χ2n) is 4.36. The highest BCUT2D eigenvalue weighted by Crippen LogP contribution is 2.23. The molecule has 0 bridgehead atoms. The van der Waals surface area contributed by atoms with E-state index in [-0.39, 0.29) is 6.04 Å². The Kier molecular flexibility index (Phi) is 2.58. The number of hydrogen-bond acceptors (Lipinski definition) is 2. The van der Waals surface area contributed by atoms with E-state index in [1.807, 2.05) is 0 Å². The van der Waals surface area contributed by atoms with Gasteiger partial charge in [0.1, 0.15) is 14.3 Å². The maximum atomic E-state index is 10.8. The summed E-state index contributed by atoms with van der Waals surface area (Å²) >= 11 is 0. The van der Waals surface area contributed by atoms with Crippen molar-refractivity contribution >= 4 is 14.2 Å². The summed E-state index contributed by atoms with van der Waals surface area (Å²) in [6.07, 6.45) is 1.88. The van der Waals surface area contributed by atoms with Crippen molar-refractivity contribution in [1.82, 2.24) is 4.57 Å². The Labute approximate surface area is 74.5 Å². The largest absolute Gasteiger partial charge is 0.480 e. The quantitative estimate of drug-likeness (QED) is 0.664. The van der Waals surface area contributed by atoms with Crippen molar-refractivity contribution in [3.63, 3.8) is 0 Å². The number of hydrogen-bond donors (Lipinski definition) is 1. The maximum absolute atomic E-state index is 10.8. The van der Waals surface area contributed by atoms with Crippen LogP contribution in [0.25, 0.3) is 0 Å². The molecule has 3 nitrogen and oxygen atoms in total. The Morgan fingerprint density at radius 1 is 1.50 bits per heavy atom. The minimum Gasteiger partial charge on any atom is -0.480 e. The van der Waals surface area contributed by atoms with Crippen molar-refractivity contribution in [2.75, 3.05) is 6.54 Å². The lowest BCUT2D eigenvalue weighted by molar-refractivity contribution is -0.140. The van der Waals surface area contributed by atoms with Crippen molar-refractivity contribution in [1.29, 1.82) is 0 Å². The van der Waals surface area contributed by atoms with E-state index in [9.17, 15) is 4.79 Å². The van der Waals surface area contributed by atoms with Crippen LogP contribution in [0.3, 0.4) is 0 Å². The first kappa shape index (κ1) is 9.73. The lowest BCUT2D eigenvalue weighted by atomic mass is 10.2. The average Bonchev–Trinajstić information content (AvgIpc) is 2.30. The van der Waals surface area contributed by atoms with Crippen LogP contribution in [-0.4, -0.2) is 36.5 Å². The van der Waals surface area contributed by atoms with Crippen LogP contribution in [0.4, 0.5) is 0 Å². The standard InChI is InChI=1S/C8H17NO2Si/c1-12(2,3)9-6-4-5-7(9)8(10)11/h7H,4-6H2,1-3H3,(H,10,11). The lowest BCUT2D eigenvalue weighted by Crippen LogP contribution is -2.51. The Morgan fingerprint density at radius 2 is 2.08 bits per heavy atom. The van der Waals surface area contributed by atoms with Gasteiger partial charge in [-0.3, -0.25) is 4.79 Å². The molecule has 70 valence electrons. The van der Waals surface area contributed by atoms with Gasteiger partial charge in [0.05, 0.1) is 0 Å². The zero-order chi connectivity index (χ0) is 9.35. The smallest absolute Gasteiger partial charge is 0.320 e. The van der Waals surface area contributed by atoms with Crippen molar-refractivity contribution in [2.24, 2.45) is 0 Å². The molecule has 4 heteroatoms. The molecule has 12 heavy (non-hydrogen) atoms. The van der Waals surface area contributed by atoms with Gasteiger partial charge in [0.15, 0.2) is 0 Å². The Balaban J connectivity index is 2.71. The van der Waals surface area contributed by atoms with Crippen LogP contribution >= 0.6 is 0 Å². The second kappa shape index (κ2) is 3.18. The minimum atomic E-state index is -1.40. The number of carbonyl (C=O) groups is 1. The summed E-state index contributed by atoms with van der Waals surface area (Å²) in [5.74, 6) is -0.644. The van der Waals surface area contributed by atoms with Crippen LogP contribution in [0.15, 0.2) is 0 Å². The third-order valence-electron chi connectivity index (χ3n) is 2.40. The van der Waals surface area contributed by atoms with Crippen LogP contribution in [0, 0.1) is 0 Å².